The summed E-state index contributed by atoms with van der Waals surface area (Å²) < 4.78 is 40.1. The van der Waals surface area contributed by atoms with E-state index in [-0.39, 0.29) is 0 Å². The summed E-state index contributed by atoms with van der Waals surface area (Å²) in [4.78, 5) is 10.4. The molecule has 0 aliphatic rings. The van der Waals surface area contributed by atoms with Gasteiger partial charge in [0.05, 0.1) is 11.3 Å². The van der Waals surface area contributed by atoms with Crippen LogP contribution in [0.3, 0.4) is 0 Å². The first-order chi connectivity index (χ1) is 18.9. The lowest BCUT2D eigenvalue weighted by Crippen LogP contribution is -2.03. The minimum Gasteiger partial charge on any atom is -0.256 e. The molecule has 0 saturated carbocycles. The zero-order valence-electron chi connectivity index (χ0n) is 20.4. The Morgan fingerprint density at radius 2 is 1.28 bits per heavy atom. The van der Waals surface area contributed by atoms with Crippen molar-refractivity contribution in [3.63, 3.8) is 0 Å². The van der Waals surface area contributed by atoms with E-state index >= 15 is 0 Å². The van der Waals surface area contributed by atoms with Gasteiger partial charge in [0.25, 0.3) is 0 Å². The normalized spacial score (nSPS) is 12.0. The van der Waals surface area contributed by atoms with E-state index in [1.165, 1.54) is 22.2 Å². The van der Waals surface area contributed by atoms with Crippen LogP contribution in [0, 0.1) is 0 Å². The molecule has 0 saturated heterocycles. The highest BCUT2D eigenvalue weighted by Crippen LogP contribution is 2.39. The predicted molar refractivity (Wildman–Crippen MR) is 154 cm³/mol. The Kier molecular flexibility index (Phi) is 5.46. The molecular formula is C33H19F3N2S. The summed E-state index contributed by atoms with van der Waals surface area (Å²) in [6.45, 7) is 0. The third-order valence-electron chi connectivity index (χ3n) is 7.03. The van der Waals surface area contributed by atoms with Crippen LogP contribution in [0.25, 0.3) is 64.6 Å². The molecule has 7 aromatic rings. The van der Waals surface area contributed by atoms with Gasteiger partial charge in [-0.2, -0.15) is 13.2 Å². The van der Waals surface area contributed by atoms with E-state index in [0.717, 1.165) is 66.6 Å². The topological polar surface area (TPSA) is 25.8 Å². The van der Waals surface area contributed by atoms with Crippen molar-refractivity contribution in [3.8, 4) is 33.5 Å². The fraction of sp³-hybridized carbons (Fsp3) is 0.0303. The molecule has 0 fully saturated rings. The fourth-order valence-electron chi connectivity index (χ4n) is 5.02. The van der Waals surface area contributed by atoms with Crippen molar-refractivity contribution in [2.24, 2.45) is 0 Å². The number of hydrogen-bond acceptors (Lipinski definition) is 3. The van der Waals surface area contributed by atoms with Crippen LogP contribution >= 0.6 is 11.3 Å². The molecule has 188 valence electrons. The van der Waals surface area contributed by atoms with Crippen LogP contribution in [0.1, 0.15) is 5.56 Å². The van der Waals surface area contributed by atoms with Gasteiger partial charge < -0.3 is 0 Å². The number of alkyl halides is 3. The first-order valence-corrected chi connectivity index (χ1v) is 13.2. The maximum atomic E-state index is 13.0. The molecule has 0 amide bonds. The number of fused-ring (bicyclic) bond motifs is 4. The molecule has 39 heavy (non-hydrogen) atoms. The highest BCUT2D eigenvalue weighted by Gasteiger charge is 2.30. The van der Waals surface area contributed by atoms with Gasteiger partial charge in [0, 0.05) is 39.0 Å². The van der Waals surface area contributed by atoms with Gasteiger partial charge in [-0.05, 0) is 69.9 Å². The van der Waals surface area contributed by atoms with Crippen LogP contribution in [-0.2, 0) is 6.18 Å². The highest BCUT2D eigenvalue weighted by atomic mass is 32.1. The lowest BCUT2D eigenvalue weighted by molar-refractivity contribution is -0.137. The van der Waals surface area contributed by atoms with E-state index < -0.39 is 11.7 Å². The van der Waals surface area contributed by atoms with Crippen molar-refractivity contribution in [3.05, 3.63) is 121 Å². The molecule has 0 aliphatic carbocycles. The summed E-state index contributed by atoms with van der Waals surface area (Å²) in [5, 5.41) is 4.41. The molecule has 3 aromatic heterocycles. The summed E-state index contributed by atoms with van der Waals surface area (Å²) in [7, 11) is 0. The molecule has 6 heteroatoms. The second-order valence-electron chi connectivity index (χ2n) is 9.42. The average molecular weight is 533 g/mol. The lowest BCUT2D eigenvalue weighted by Gasteiger charge is -2.10. The Labute approximate surface area is 226 Å². The fourth-order valence-corrected chi connectivity index (χ4v) is 6.18. The number of halogens is 3. The van der Waals surface area contributed by atoms with Gasteiger partial charge >= 0.3 is 6.18 Å². The molecule has 0 aliphatic heterocycles. The van der Waals surface area contributed by atoms with Crippen LogP contribution in [0.4, 0.5) is 13.2 Å². The van der Waals surface area contributed by atoms with Crippen molar-refractivity contribution in [2.75, 3.05) is 0 Å². The number of thiophene rings is 1. The van der Waals surface area contributed by atoms with Crippen LogP contribution in [0.2, 0.25) is 0 Å². The highest BCUT2D eigenvalue weighted by molar-refractivity contribution is 7.26. The molecule has 7 rings (SSSR count). The molecule has 0 bridgehead atoms. The van der Waals surface area contributed by atoms with Crippen LogP contribution in [0.15, 0.2) is 116 Å². The molecule has 0 N–H and O–H groups in total. The maximum absolute atomic E-state index is 13.0. The third kappa shape index (κ3) is 4.23. The summed E-state index contributed by atoms with van der Waals surface area (Å²) >= 11 is 1.68. The van der Waals surface area contributed by atoms with Crippen molar-refractivity contribution in [1.82, 2.24) is 9.97 Å². The lowest BCUT2D eigenvalue weighted by atomic mass is 9.97. The molecule has 0 atom stereocenters. The van der Waals surface area contributed by atoms with E-state index in [0.29, 0.717) is 0 Å². The van der Waals surface area contributed by atoms with Gasteiger partial charge in [-0.3, -0.25) is 4.98 Å². The van der Waals surface area contributed by atoms with E-state index in [4.69, 9.17) is 4.98 Å². The van der Waals surface area contributed by atoms with E-state index in [1.54, 1.807) is 11.3 Å². The Morgan fingerprint density at radius 3 is 2.00 bits per heavy atom. The van der Waals surface area contributed by atoms with Crippen molar-refractivity contribution >= 4 is 42.4 Å². The van der Waals surface area contributed by atoms with Crippen molar-refractivity contribution in [2.45, 2.75) is 6.18 Å². The molecule has 0 spiro atoms. The SMILES string of the molecule is FC(F)(F)c1ccc(-c2ccc3ccc(-c4ccc(-c5cccc6c5sc5ncccc56)nc4)cc3c2)cc1. The number of benzene rings is 4. The van der Waals surface area contributed by atoms with Gasteiger partial charge in [-0.15, -0.1) is 11.3 Å². The zero-order chi connectivity index (χ0) is 26.6. The number of hydrogen-bond donors (Lipinski definition) is 0. The number of pyridine rings is 2. The van der Waals surface area contributed by atoms with Crippen molar-refractivity contribution < 1.29 is 13.2 Å². The summed E-state index contributed by atoms with van der Waals surface area (Å²) in [6, 6.07) is 31.9. The van der Waals surface area contributed by atoms with Crippen LogP contribution < -0.4 is 0 Å². The van der Waals surface area contributed by atoms with Crippen LogP contribution in [0.5, 0.6) is 0 Å². The monoisotopic (exact) mass is 532 g/mol. The standard InChI is InChI=1S/C33H19F3N2S/c34-33(35,36)26-13-10-20(11-14-26)22-8-6-21-7-9-23(18-25(21)17-22)24-12-15-30(38-19-24)29-4-1-3-27-28-5-2-16-37-32(28)39-31(27)29/h1-19H. The molecule has 0 unspecified atom stereocenters. The summed E-state index contributed by atoms with van der Waals surface area (Å²) in [5.41, 5.74) is 4.97. The van der Waals surface area contributed by atoms with Gasteiger partial charge in [0.1, 0.15) is 4.83 Å². The molecule has 0 radical (unpaired) electrons. The predicted octanol–water partition coefficient (Wildman–Crippen LogP) is 10.0. The van der Waals surface area contributed by atoms with Gasteiger partial charge in [0.2, 0.25) is 0 Å². The van der Waals surface area contributed by atoms with E-state index in [1.807, 2.05) is 42.7 Å². The summed E-state index contributed by atoms with van der Waals surface area (Å²) in [6.07, 6.45) is -0.636. The Bertz CT molecular complexity index is 1990. The molecule has 3 heterocycles. The largest absolute Gasteiger partial charge is 0.416 e. The van der Waals surface area contributed by atoms with E-state index in [9.17, 15) is 13.2 Å². The second kappa shape index (κ2) is 9.03. The van der Waals surface area contributed by atoms with Crippen molar-refractivity contribution in [1.29, 1.82) is 0 Å². The number of rotatable bonds is 3. The van der Waals surface area contributed by atoms with E-state index in [2.05, 4.69) is 53.5 Å². The molecular weight excluding hydrogens is 513 g/mol. The first-order valence-electron chi connectivity index (χ1n) is 12.4. The minimum atomic E-state index is -4.35. The zero-order valence-corrected chi connectivity index (χ0v) is 21.2. The maximum Gasteiger partial charge on any atom is 0.416 e. The van der Waals surface area contributed by atoms with Gasteiger partial charge in [0.15, 0.2) is 0 Å². The molecule has 2 nitrogen and oxygen atoms in total. The Balaban J connectivity index is 1.23. The number of aromatic nitrogens is 2. The quantitative estimate of drug-likeness (QED) is 0.226. The van der Waals surface area contributed by atoms with Gasteiger partial charge in [-0.25, -0.2) is 4.98 Å². The average Bonchev–Trinajstić information content (AvgIpc) is 3.35. The molecule has 4 aromatic carbocycles. The smallest absolute Gasteiger partial charge is 0.256 e. The first kappa shape index (κ1) is 23.6. The van der Waals surface area contributed by atoms with Gasteiger partial charge in [-0.1, -0.05) is 60.7 Å². The Morgan fingerprint density at radius 1 is 0.590 bits per heavy atom. The second-order valence-corrected chi connectivity index (χ2v) is 10.4. The minimum absolute atomic E-state index is 0.648. The third-order valence-corrected chi connectivity index (χ3v) is 8.20. The summed E-state index contributed by atoms with van der Waals surface area (Å²) in [5.74, 6) is 0. The van der Waals surface area contributed by atoms with Crippen LogP contribution in [-0.4, -0.2) is 9.97 Å². The number of nitrogens with zero attached hydrogens (tertiary/aromatic N) is 2. The Hall–Kier alpha value is -4.55.